The lowest BCUT2D eigenvalue weighted by atomic mass is 10.2. The molecule has 1 aromatic heterocycles. The topological polar surface area (TPSA) is 25.8 Å². The van der Waals surface area contributed by atoms with Crippen molar-refractivity contribution in [1.82, 2.24) is 9.97 Å². The fraction of sp³-hybridized carbons (Fsp3) is 0.0769. The molecule has 0 radical (unpaired) electrons. The van der Waals surface area contributed by atoms with Crippen LogP contribution in [-0.4, -0.2) is 9.97 Å². The van der Waals surface area contributed by atoms with Crippen molar-refractivity contribution in [2.45, 2.75) is 6.92 Å². The van der Waals surface area contributed by atoms with Crippen LogP contribution < -0.4 is 0 Å². The number of hydrogen-bond donors (Lipinski definition) is 0. The molecule has 0 spiro atoms. The van der Waals surface area contributed by atoms with Crippen molar-refractivity contribution >= 4 is 35.4 Å². The molecule has 1 heterocycles. The maximum atomic E-state index is 13.0. The second-order valence-electron chi connectivity index (χ2n) is 3.70. The summed E-state index contributed by atoms with van der Waals surface area (Å²) in [5.41, 5.74) is 1.55. The van der Waals surface area contributed by atoms with Crippen molar-refractivity contribution < 1.29 is 4.39 Å². The number of rotatable bonds is 2. The first-order valence-electron chi connectivity index (χ1n) is 5.19. The average molecular weight is 283 g/mol. The molecule has 2 nitrogen and oxygen atoms in total. The van der Waals surface area contributed by atoms with Gasteiger partial charge >= 0.3 is 0 Å². The van der Waals surface area contributed by atoms with Gasteiger partial charge in [-0.1, -0.05) is 35.3 Å². The summed E-state index contributed by atoms with van der Waals surface area (Å²) in [6.45, 7) is 1.83. The Morgan fingerprint density at radius 1 is 1.11 bits per heavy atom. The Kier molecular flexibility index (Phi) is 3.94. The quantitative estimate of drug-likeness (QED) is 0.763. The largest absolute Gasteiger partial charge is 0.234 e. The summed E-state index contributed by atoms with van der Waals surface area (Å²) in [6.07, 6.45) is 3.44. The van der Waals surface area contributed by atoms with Crippen LogP contribution in [0.15, 0.2) is 24.3 Å². The second-order valence-corrected chi connectivity index (χ2v) is 4.49. The molecule has 0 amide bonds. The van der Waals surface area contributed by atoms with E-state index in [1.165, 1.54) is 12.1 Å². The van der Waals surface area contributed by atoms with Crippen LogP contribution >= 0.6 is 23.2 Å². The lowest BCUT2D eigenvalue weighted by Crippen LogP contribution is -1.90. The number of benzene rings is 1. The molecule has 0 N–H and O–H groups in total. The fourth-order valence-electron chi connectivity index (χ4n) is 1.41. The van der Waals surface area contributed by atoms with Crippen LogP contribution in [-0.2, 0) is 0 Å². The van der Waals surface area contributed by atoms with Crippen LogP contribution in [0.5, 0.6) is 0 Å². The van der Waals surface area contributed by atoms with E-state index in [-0.39, 0.29) is 5.02 Å². The predicted molar refractivity (Wildman–Crippen MR) is 72.1 cm³/mol. The van der Waals surface area contributed by atoms with E-state index >= 15 is 0 Å². The first-order valence-corrected chi connectivity index (χ1v) is 5.94. The Morgan fingerprint density at radius 3 is 2.56 bits per heavy atom. The molecule has 0 saturated carbocycles. The van der Waals surface area contributed by atoms with Gasteiger partial charge < -0.3 is 0 Å². The van der Waals surface area contributed by atoms with Crippen LogP contribution in [0.1, 0.15) is 17.1 Å². The van der Waals surface area contributed by atoms with Crippen molar-refractivity contribution in [3.8, 4) is 0 Å². The van der Waals surface area contributed by atoms with Gasteiger partial charge in [0.05, 0.1) is 5.02 Å². The van der Waals surface area contributed by atoms with Gasteiger partial charge in [0.2, 0.25) is 0 Å². The summed E-state index contributed by atoms with van der Waals surface area (Å²) in [7, 11) is 0. The zero-order chi connectivity index (χ0) is 13.1. The minimum absolute atomic E-state index is 0.0837. The first kappa shape index (κ1) is 13.0. The summed E-state index contributed by atoms with van der Waals surface area (Å²) < 4.78 is 13.0. The van der Waals surface area contributed by atoms with Crippen molar-refractivity contribution in [1.29, 1.82) is 0 Å². The Bertz CT molecular complexity index is 592. The van der Waals surface area contributed by atoms with Gasteiger partial charge in [0.25, 0.3) is 0 Å². The van der Waals surface area contributed by atoms with E-state index in [4.69, 9.17) is 23.2 Å². The van der Waals surface area contributed by atoms with Gasteiger partial charge in [-0.2, -0.15) is 0 Å². The highest BCUT2D eigenvalue weighted by Gasteiger charge is 1.99. The van der Waals surface area contributed by atoms with Crippen LogP contribution in [0, 0.1) is 12.7 Å². The number of hydrogen-bond acceptors (Lipinski definition) is 2. The Morgan fingerprint density at radius 2 is 1.89 bits per heavy atom. The maximum absolute atomic E-state index is 13.0. The molecule has 18 heavy (non-hydrogen) atoms. The zero-order valence-electron chi connectivity index (χ0n) is 9.49. The molecule has 5 heteroatoms. The Balaban J connectivity index is 2.27. The highest BCUT2D eigenvalue weighted by atomic mass is 35.5. The molecular formula is C13H9Cl2FN2. The summed E-state index contributed by atoms with van der Waals surface area (Å²) in [6, 6.07) is 6.14. The van der Waals surface area contributed by atoms with E-state index in [1.54, 1.807) is 24.3 Å². The third-order valence-corrected chi connectivity index (χ3v) is 2.69. The molecule has 1 aromatic carbocycles. The fourth-order valence-corrected chi connectivity index (χ4v) is 1.85. The average Bonchev–Trinajstić information content (AvgIpc) is 2.29. The minimum Gasteiger partial charge on any atom is -0.234 e. The Labute approximate surface area is 114 Å². The van der Waals surface area contributed by atoms with E-state index in [1.807, 2.05) is 6.92 Å². The monoisotopic (exact) mass is 282 g/mol. The van der Waals surface area contributed by atoms with E-state index in [9.17, 15) is 4.39 Å². The van der Waals surface area contributed by atoms with Gasteiger partial charge in [-0.05, 0) is 36.8 Å². The lowest BCUT2D eigenvalue weighted by Gasteiger charge is -1.98. The number of nitrogens with zero attached hydrogens (tertiary/aromatic N) is 2. The maximum Gasteiger partial charge on any atom is 0.153 e. The van der Waals surface area contributed by atoms with E-state index in [0.29, 0.717) is 11.0 Å². The first-order chi connectivity index (χ1) is 8.54. The van der Waals surface area contributed by atoms with Crippen molar-refractivity contribution in [3.05, 3.63) is 57.3 Å². The van der Waals surface area contributed by atoms with E-state index in [0.717, 1.165) is 11.3 Å². The molecule has 92 valence electrons. The van der Waals surface area contributed by atoms with Crippen LogP contribution in [0.4, 0.5) is 4.39 Å². The zero-order valence-corrected chi connectivity index (χ0v) is 11.0. The smallest absolute Gasteiger partial charge is 0.153 e. The molecule has 0 aliphatic carbocycles. The number of aryl methyl sites for hydroxylation is 1. The SMILES string of the molecule is Cc1cc(Cl)nc(/C=C/c2ccc(F)c(Cl)c2)n1. The molecule has 0 aliphatic heterocycles. The predicted octanol–water partition coefficient (Wildman–Crippen LogP) is 4.40. The highest BCUT2D eigenvalue weighted by molar-refractivity contribution is 6.30. The standard InChI is InChI=1S/C13H9Cl2FN2/c1-8-6-12(15)18-13(17-8)5-3-9-2-4-11(16)10(14)7-9/h2-7H,1H3/b5-3+. The normalized spacial score (nSPS) is 11.1. The van der Waals surface area contributed by atoms with Crippen molar-refractivity contribution in [2.75, 3.05) is 0 Å². The summed E-state index contributed by atoms with van der Waals surface area (Å²) in [4.78, 5) is 8.25. The third kappa shape index (κ3) is 3.28. The van der Waals surface area contributed by atoms with E-state index in [2.05, 4.69) is 9.97 Å². The van der Waals surface area contributed by atoms with Gasteiger partial charge in [-0.15, -0.1) is 0 Å². The molecule has 0 bridgehead atoms. The number of halogens is 3. The highest BCUT2D eigenvalue weighted by Crippen LogP contribution is 2.17. The molecule has 0 saturated heterocycles. The molecular weight excluding hydrogens is 274 g/mol. The van der Waals surface area contributed by atoms with Crippen LogP contribution in [0.3, 0.4) is 0 Å². The van der Waals surface area contributed by atoms with Crippen LogP contribution in [0.25, 0.3) is 12.2 Å². The molecule has 0 fully saturated rings. The molecule has 0 atom stereocenters. The van der Waals surface area contributed by atoms with Gasteiger partial charge in [0, 0.05) is 5.69 Å². The third-order valence-electron chi connectivity index (χ3n) is 2.21. The minimum atomic E-state index is -0.441. The van der Waals surface area contributed by atoms with Gasteiger partial charge in [0.15, 0.2) is 5.82 Å². The molecule has 2 aromatic rings. The number of aromatic nitrogens is 2. The lowest BCUT2D eigenvalue weighted by molar-refractivity contribution is 0.628. The second kappa shape index (κ2) is 5.46. The Hall–Kier alpha value is -1.45. The van der Waals surface area contributed by atoms with Gasteiger partial charge in [0.1, 0.15) is 11.0 Å². The summed E-state index contributed by atoms with van der Waals surface area (Å²) in [5, 5.41) is 0.472. The van der Waals surface area contributed by atoms with Crippen molar-refractivity contribution in [2.24, 2.45) is 0 Å². The molecule has 0 aliphatic rings. The molecule has 2 rings (SSSR count). The van der Waals surface area contributed by atoms with Gasteiger partial charge in [-0.25, -0.2) is 14.4 Å². The summed E-state index contributed by atoms with van der Waals surface area (Å²) in [5.74, 6) is 0.0594. The van der Waals surface area contributed by atoms with Gasteiger partial charge in [-0.3, -0.25) is 0 Å². The summed E-state index contributed by atoms with van der Waals surface area (Å²) >= 11 is 11.5. The van der Waals surface area contributed by atoms with Crippen LogP contribution in [0.2, 0.25) is 10.2 Å². The van der Waals surface area contributed by atoms with Crippen molar-refractivity contribution in [3.63, 3.8) is 0 Å². The van der Waals surface area contributed by atoms with E-state index < -0.39 is 5.82 Å². The molecule has 0 unspecified atom stereocenters.